The Labute approximate surface area is 122 Å². The van der Waals surface area contributed by atoms with Crippen LogP contribution >= 0.6 is 15.9 Å². The topological polar surface area (TPSA) is 45.4 Å². The van der Waals surface area contributed by atoms with Gasteiger partial charge in [0.25, 0.3) is 0 Å². The molecule has 0 aliphatic rings. The molecule has 1 aromatic heterocycles. The third-order valence-corrected chi connectivity index (χ3v) is 3.47. The van der Waals surface area contributed by atoms with Crippen molar-refractivity contribution in [3.8, 4) is 0 Å². The summed E-state index contributed by atoms with van der Waals surface area (Å²) in [5.41, 5.74) is -0.285. The molecule has 19 heavy (non-hydrogen) atoms. The van der Waals surface area contributed by atoms with E-state index in [4.69, 9.17) is 4.42 Å². The first-order valence-corrected chi connectivity index (χ1v) is 7.14. The molecule has 0 bridgehead atoms. The van der Waals surface area contributed by atoms with Gasteiger partial charge < -0.3 is 14.8 Å². The quantitative estimate of drug-likeness (QED) is 0.902. The van der Waals surface area contributed by atoms with Gasteiger partial charge in [-0.25, -0.2) is 0 Å². The molecule has 0 radical (unpaired) electrons. The van der Waals surface area contributed by atoms with E-state index < -0.39 is 5.60 Å². The number of fused-ring (bicyclic) bond motifs is 1. The lowest BCUT2D eigenvalue weighted by Gasteiger charge is -2.27. The van der Waals surface area contributed by atoms with Crippen molar-refractivity contribution < 1.29 is 9.52 Å². The molecule has 1 atom stereocenters. The minimum Gasteiger partial charge on any atom is -0.458 e. The molecule has 2 aromatic rings. The van der Waals surface area contributed by atoms with Crippen molar-refractivity contribution in [3.05, 3.63) is 34.5 Å². The van der Waals surface area contributed by atoms with Crippen molar-refractivity contribution in [2.75, 3.05) is 6.54 Å². The first-order chi connectivity index (χ1) is 8.67. The molecule has 0 aliphatic heterocycles. The SMILES string of the molecule is CC(C)(C)NCC(C)(O)c1cc2cc(Br)ccc2o1. The molecule has 1 heterocycles. The molecule has 0 saturated carbocycles. The summed E-state index contributed by atoms with van der Waals surface area (Å²) in [6.07, 6.45) is 0. The summed E-state index contributed by atoms with van der Waals surface area (Å²) in [6.45, 7) is 8.41. The average molecular weight is 326 g/mol. The summed E-state index contributed by atoms with van der Waals surface area (Å²) in [5.74, 6) is 0.581. The van der Waals surface area contributed by atoms with Crippen LogP contribution in [0.25, 0.3) is 11.0 Å². The highest BCUT2D eigenvalue weighted by Gasteiger charge is 2.29. The number of benzene rings is 1. The van der Waals surface area contributed by atoms with Crippen LogP contribution in [0.3, 0.4) is 0 Å². The Balaban J connectivity index is 2.27. The van der Waals surface area contributed by atoms with Crippen molar-refractivity contribution >= 4 is 26.9 Å². The van der Waals surface area contributed by atoms with Crippen LogP contribution in [0.4, 0.5) is 0 Å². The van der Waals surface area contributed by atoms with Crippen LogP contribution in [-0.2, 0) is 5.60 Å². The molecular weight excluding hydrogens is 306 g/mol. The number of halogens is 1. The van der Waals surface area contributed by atoms with E-state index in [1.807, 2.05) is 24.3 Å². The zero-order valence-corrected chi connectivity index (χ0v) is 13.3. The van der Waals surface area contributed by atoms with Crippen molar-refractivity contribution in [2.45, 2.75) is 38.8 Å². The Bertz CT molecular complexity index is 581. The molecule has 3 nitrogen and oxygen atoms in total. The fourth-order valence-electron chi connectivity index (χ4n) is 1.80. The smallest absolute Gasteiger partial charge is 0.137 e. The van der Waals surface area contributed by atoms with Gasteiger partial charge in [0.15, 0.2) is 0 Å². The molecule has 0 aliphatic carbocycles. The summed E-state index contributed by atoms with van der Waals surface area (Å²) >= 11 is 3.43. The molecule has 0 amide bonds. The fraction of sp³-hybridized carbons (Fsp3) is 0.467. The largest absolute Gasteiger partial charge is 0.458 e. The number of hydrogen-bond donors (Lipinski definition) is 2. The summed E-state index contributed by atoms with van der Waals surface area (Å²) in [6, 6.07) is 7.70. The second-order valence-electron chi connectivity index (χ2n) is 6.17. The van der Waals surface area contributed by atoms with Crippen molar-refractivity contribution in [1.29, 1.82) is 0 Å². The van der Waals surface area contributed by atoms with Crippen molar-refractivity contribution in [2.24, 2.45) is 0 Å². The summed E-state index contributed by atoms with van der Waals surface area (Å²) in [5, 5.41) is 14.8. The molecule has 104 valence electrons. The van der Waals surface area contributed by atoms with Crippen LogP contribution in [0.1, 0.15) is 33.5 Å². The van der Waals surface area contributed by atoms with Crippen molar-refractivity contribution in [3.63, 3.8) is 0 Å². The number of nitrogens with one attached hydrogen (secondary N) is 1. The van der Waals surface area contributed by atoms with Gasteiger partial charge in [-0.15, -0.1) is 0 Å². The van der Waals surface area contributed by atoms with E-state index in [0.29, 0.717) is 12.3 Å². The van der Waals surface area contributed by atoms with Crippen molar-refractivity contribution in [1.82, 2.24) is 5.32 Å². The Morgan fingerprint density at radius 3 is 2.53 bits per heavy atom. The number of β-amino-alcohol motifs (C(OH)–C–C–N with tert-alkyl or cyclic N) is 1. The molecule has 2 N–H and O–H groups in total. The minimum atomic E-state index is -1.03. The predicted octanol–water partition coefficient (Wildman–Crippen LogP) is 3.79. The van der Waals surface area contributed by atoms with E-state index in [1.165, 1.54) is 0 Å². The Hall–Kier alpha value is -0.840. The molecule has 0 saturated heterocycles. The van der Waals surface area contributed by atoms with Gasteiger partial charge in [0.1, 0.15) is 16.9 Å². The van der Waals surface area contributed by atoms with Crippen LogP contribution in [0.5, 0.6) is 0 Å². The van der Waals surface area contributed by atoms with Crippen LogP contribution < -0.4 is 5.32 Å². The standard InChI is InChI=1S/C15H20BrNO2/c1-14(2,3)17-9-15(4,18)13-8-10-7-11(16)5-6-12(10)19-13/h5-8,17-18H,9H2,1-4H3. The monoisotopic (exact) mass is 325 g/mol. The second-order valence-corrected chi connectivity index (χ2v) is 7.09. The Morgan fingerprint density at radius 2 is 1.89 bits per heavy atom. The lowest BCUT2D eigenvalue weighted by atomic mass is 10.0. The van der Waals surface area contributed by atoms with Crippen LogP contribution in [-0.4, -0.2) is 17.2 Å². The second kappa shape index (κ2) is 4.93. The first kappa shape index (κ1) is 14.6. The van der Waals surface area contributed by atoms with E-state index in [2.05, 4.69) is 42.0 Å². The third kappa shape index (κ3) is 3.59. The highest BCUT2D eigenvalue weighted by Crippen LogP contribution is 2.29. The maximum absolute atomic E-state index is 10.6. The van der Waals surface area contributed by atoms with Gasteiger partial charge in [0, 0.05) is 21.9 Å². The zero-order chi connectivity index (χ0) is 14.3. The summed E-state index contributed by atoms with van der Waals surface area (Å²) in [4.78, 5) is 0. The van der Waals surface area contributed by atoms with E-state index in [-0.39, 0.29) is 5.54 Å². The molecule has 0 spiro atoms. The normalized spacial score (nSPS) is 15.7. The zero-order valence-electron chi connectivity index (χ0n) is 11.7. The fourth-order valence-corrected chi connectivity index (χ4v) is 2.18. The van der Waals surface area contributed by atoms with Gasteiger partial charge in [-0.05, 0) is 52.0 Å². The van der Waals surface area contributed by atoms with Crippen LogP contribution in [0.2, 0.25) is 0 Å². The number of hydrogen-bond acceptors (Lipinski definition) is 3. The van der Waals surface area contributed by atoms with Gasteiger partial charge >= 0.3 is 0 Å². The molecule has 4 heteroatoms. The van der Waals surface area contributed by atoms with E-state index in [9.17, 15) is 5.11 Å². The number of aliphatic hydroxyl groups is 1. The van der Waals surface area contributed by atoms with Crippen LogP contribution in [0, 0.1) is 0 Å². The highest BCUT2D eigenvalue weighted by atomic mass is 79.9. The van der Waals surface area contributed by atoms with E-state index >= 15 is 0 Å². The first-order valence-electron chi connectivity index (χ1n) is 6.34. The van der Waals surface area contributed by atoms with Gasteiger partial charge in [0.2, 0.25) is 0 Å². The third-order valence-electron chi connectivity index (χ3n) is 2.97. The predicted molar refractivity (Wildman–Crippen MR) is 81.2 cm³/mol. The number of rotatable bonds is 3. The van der Waals surface area contributed by atoms with Crippen LogP contribution in [0.15, 0.2) is 33.2 Å². The summed E-state index contributed by atoms with van der Waals surface area (Å²) < 4.78 is 6.74. The summed E-state index contributed by atoms with van der Waals surface area (Å²) in [7, 11) is 0. The lowest BCUT2D eigenvalue weighted by Crippen LogP contribution is -2.44. The van der Waals surface area contributed by atoms with Gasteiger partial charge in [0.05, 0.1) is 0 Å². The van der Waals surface area contributed by atoms with E-state index in [1.54, 1.807) is 6.92 Å². The molecular formula is C15H20BrNO2. The molecule has 1 aromatic carbocycles. The van der Waals surface area contributed by atoms with Gasteiger partial charge in [-0.1, -0.05) is 15.9 Å². The van der Waals surface area contributed by atoms with E-state index in [0.717, 1.165) is 15.4 Å². The average Bonchev–Trinajstić information content (AvgIpc) is 2.69. The van der Waals surface area contributed by atoms with Gasteiger partial charge in [-0.2, -0.15) is 0 Å². The lowest BCUT2D eigenvalue weighted by molar-refractivity contribution is 0.0299. The van der Waals surface area contributed by atoms with Gasteiger partial charge in [-0.3, -0.25) is 0 Å². The maximum Gasteiger partial charge on any atom is 0.137 e. The molecule has 2 rings (SSSR count). The maximum atomic E-state index is 10.6. The number of furan rings is 1. The highest BCUT2D eigenvalue weighted by molar-refractivity contribution is 9.10. The minimum absolute atomic E-state index is 0.0426. The Morgan fingerprint density at radius 1 is 1.21 bits per heavy atom. The Kier molecular flexibility index (Phi) is 3.78. The molecule has 0 fully saturated rings. The molecule has 1 unspecified atom stereocenters.